The van der Waals surface area contributed by atoms with Gasteiger partial charge in [-0.15, -0.1) is 0 Å². The fourth-order valence-corrected chi connectivity index (χ4v) is 12.5. The number of aromatic nitrogens is 5. The first-order chi connectivity index (χ1) is 44.5. The van der Waals surface area contributed by atoms with E-state index in [1.54, 1.807) is 22.8 Å². The molecule has 0 fully saturated rings. The molecule has 0 N–H and O–H groups in total. The van der Waals surface area contributed by atoms with Gasteiger partial charge in [0.1, 0.15) is 11.6 Å². The van der Waals surface area contributed by atoms with Gasteiger partial charge in [0, 0.05) is 44.6 Å². The van der Waals surface area contributed by atoms with Crippen LogP contribution in [0.4, 0.5) is 0 Å². The van der Waals surface area contributed by atoms with Crippen LogP contribution < -0.4 is 9.30 Å². The zero-order chi connectivity index (χ0) is 63.3. The lowest BCUT2D eigenvalue weighted by molar-refractivity contribution is -0.571. The van der Waals surface area contributed by atoms with Crippen molar-refractivity contribution in [2.75, 3.05) is 0 Å². The molecule has 82 heavy (non-hydrogen) atoms. The van der Waals surface area contributed by atoms with E-state index >= 15 is 0 Å². The summed E-state index contributed by atoms with van der Waals surface area (Å²) in [7, 11) is 0. The summed E-state index contributed by atoms with van der Waals surface area (Å²) in [6.07, 6.45) is 5.45. The first-order valence-corrected chi connectivity index (χ1v) is 27.3. The highest BCUT2D eigenvalue weighted by atomic mass is 16.5. The second-order valence-corrected chi connectivity index (χ2v) is 21.7. The highest BCUT2D eigenvalue weighted by molar-refractivity contribution is 6.32. The van der Waals surface area contributed by atoms with Gasteiger partial charge in [-0.2, -0.15) is 0 Å². The van der Waals surface area contributed by atoms with Gasteiger partial charge in [0.25, 0.3) is 6.33 Å². The minimum atomic E-state index is -0.576. The molecule has 0 aliphatic heterocycles. The van der Waals surface area contributed by atoms with Crippen LogP contribution in [0.15, 0.2) is 267 Å². The summed E-state index contributed by atoms with van der Waals surface area (Å²) in [6.45, 7) is 6.62. The maximum atomic E-state index is 9.25. The van der Waals surface area contributed by atoms with Crippen molar-refractivity contribution < 1.29 is 23.0 Å². The second-order valence-electron chi connectivity index (χ2n) is 21.7. The lowest BCUT2D eigenvalue weighted by atomic mass is 9.88. The zero-order valence-electron chi connectivity index (χ0n) is 54.8. The van der Waals surface area contributed by atoms with Crippen molar-refractivity contribution in [3.63, 3.8) is 0 Å². The summed E-state index contributed by atoms with van der Waals surface area (Å²) >= 11 is 0. The molecule has 5 aromatic heterocycles. The van der Waals surface area contributed by atoms with Gasteiger partial charge in [-0.1, -0.05) is 233 Å². The Labute approximate surface area is 487 Å². The number of para-hydroxylation sites is 6. The number of rotatable bonds is 7. The van der Waals surface area contributed by atoms with E-state index in [4.69, 9.17) is 17.9 Å². The van der Waals surface area contributed by atoms with Gasteiger partial charge in [0.05, 0.1) is 63.7 Å². The number of ether oxygens (including phenoxy) is 1. The molecule has 0 radical (unpaired) electrons. The van der Waals surface area contributed by atoms with Gasteiger partial charge in [0.2, 0.25) is 0 Å². The molecule has 0 saturated heterocycles. The number of hydrogen-bond donors (Lipinski definition) is 0. The number of hydrogen-bond acceptors (Lipinski definition) is 2. The van der Waals surface area contributed by atoms with Crippen LogP contribution in [0.5, 0.6) is 11.5 Å². The summed E-state index contributed by atoms with van der Waals surface area (Å²) in [4.78, 5) is 5.14. The molecule has 5 heterocycles. The average Bonchev–Trinajstić information content (AvgIpc) is 1.52. The van der Waals surface area contributed by atoms with Crippen LogP contribution >= 0.6 is 0 Å². The van der Waals surface area contributed by atoms with Crippen LogP contribution in [-0.4, -0.2) is 18.5 Å². The van der Waals surface area contributed by atoms with Crippen molar-refractivity contribution >= 4 is 92.5 Å². The molecule has 0 bridgehead atoms. The molecule has 0 spiro atoms. The Morgan fingerprint density at radius 2 is 1.04 bits per heavy atom. The SMILES string of the molecule is [2H]c1c([2H])c([2H])c(-c2cccc(-c3c([2H])c([2H])c([2H])c([2H])c3[2H])c2-[n+]2[c-]n(-c3cccc(Oc4cc5c(c6ccccc6n5-c5cc(C(C)(C)C)ccn5)c5c6ccccc6c6ccccc6c6cccc7c8ccccc8n(c45)c67)c3)c3ccccc32)c([2H])c1[2H]. The molecule has 0 saturated carbocycles. The van der Waals surface area contributed by atoms with E-state index in [-0.39, 0.29) is 33.4 Å². The van der Waals surface area contributed by atoms with Crippen LogP contribution in [0, 0.1) is 6.33 Å². The van der Waals surface area contributed by atoms with Crippen LogP contribution in [0.3, 0.4) is 0 Å². The highest BCUT2D eigenvalue weighted by Crippen LogP contribution is 2.48. The summed E-state index contributed by atoms with van der Waals surface area (Å²) in [6, 6.07) is 62.0. The van der Waals surface area contributed by atoms with Gasteiger partial charge in [-0.05, 0) is 97.2 Å². The quantitative estimate of drug-likeness (QED) is 0.118. The van der Waals surface area contributed by atoms with Crippen LogP contribution in [0.25, 0.3) is 132 Å². The van der Waals surface area contributed by atoms with E-state index in [9.17, 15) is 5.48 Å². The molecular weight excluding hydrogens is 999 g/mol. The van der Waals surface area contributed by atoms with Crippen molar-refractivity contribution in [3.8, 4) is 50.9 Å². The highest BCUT2D eigenvalue weighted by Gasteiger charge is 2.26. The number of nitrogens with zero attached hydrogens (tertiary/aromatic N) is 5. The predicted octanol–water partition coefficient (Wildman–Crippen LogP) is 19.2. The first kappa shape index (κ1) is 38.1. The molecule has 11 aromatic carbocycles. The Bertz CT molecular complexity index is 5800. The van der Waals surface area contributed by atoms with E-state index in [2.05, 4.69) is 170 Å². The van der Waals surface area contributed by atoms with Crippen molar-refractivity contribution in [2.45, 2.75) is 26.2 Å². The van der Waals surface area contributed by atoms with Gasteiger partial charge < -0.3 is 9.14 Å². The number of benzene rings is 11. The van der Waals surface area contributed by atoms with Gasteiger partial charge >= 0.3 is 0 Å². The zero-order valence-corrected chi connectivity index (χ0v) is 44.8. The molecule has 0 unspecified atom stereocenters. The fraction of sp³-hybridized carbons (Fsp3) is 0.0526. The average molecular weight is 1060 g/mol. The Morgan fingerprint density at radius 1 is 0.476 bits per heavy atom. The topological polar surface area (TPSA) is 40.3 Å². The Morgan fingerprint density at radius 3 is 1.74 bits per heavy atom. The predicted molar refractivity (Wildman–Crippen MR) is 339 cm³/mol. The third-order valence-corrected chi connectivity index (χ3v) is 16.0. The third-order valence-electron chi connectivity index (χ3n) is 16.0. The fourth-order valence-electron chi connectivity index (χ4n) is 12.5. The van der Waals surface area contributed by atoms with E-state index < -0.39 is 60.4 Å². The molecule has 0 atom stereocenters. The maximum absolute atomic E-state index is 9.25. The van der Waals surface area contributed by atoms with E-state index in [0.29, 0.717) is 28.2 Å². The molecule has 16 aromatic rings. The lowest BCUT2D eigenvalue weighted by Gasteiger charge is -2.20. The minimum Gasteiger partial charge on any atom is -0.456 e. The molecule has 388 valence electrons. The van der Waals surface area contributed by atoms with Crippen molar-refractivity contribution in [2.24, 2.45) is 0 Å². The number of pyridine rings is 1. The van der Waals surface area contributed by atoms with E-state index in [0.717, 1.165) is 92.8 Å². The Balaban J connectivity index is 1.02. The van der Waals surface area contributed by atoms with Gasteiger partial charge in [-0.3, -0.25) is 13.7 Å². The molecule has 6 heteroatoms. The molecule has 16 rings (SSSR count). The monoisotopic (exact) mass is 1060 g/mol. The Kier molecular flexibility index (Phi) is 8.61. The number of imidazole rings is 1. The smallest absolute Gasteiger partial charge is 0.269 e. The van der Waals surface area contributed by atoms with Crippen LogP contribution in [0.2, 0.25) is 0 Å². The van der Waals surface area contributed by atoms with E-state index in [1.165, 1.54) is 0 Å². The van der Waals surface area contributed by atoms with Crippen LogP contribution in [0.1, 0.15) is 40.0 Å². The third kappa shape index (κ3) is 7.34. The van der Waals surface area contributed by atoms with Gasteiger partial charge in [0.15, 0.2) is 5.75 Å². The Hall–Kier alpha value is -10.6. The standard InChI is InChI=1S/C76H53N5O/c1-76(2,3)51-43-44-77-70(45-51)80-65-40-17-15-34-63(65)71-68(80)47-69(75-72(71)60-33-13-12-30-57(60)56-29-10-11-31-58(56)61-37-22-38-62-59-32-14-16-39-64(59)81(75)74(61)62)82-53-28-20-27-52(46-53)78-48-79(67-42-19-18-41-66(67)78)73-54(49-23-6-4-7-24-49)35-21-36-55(73)50-25-8-5-9-26-50/h4-47H,1-3H3/i4D,5D,6D,7D,8D,9D,23D,24D,25D,26D. The molecular formula is C76H53N5O. The summed E-state index contributed by atoms with van der Waals surface area (Å²) in [5.74, 6) is 1.77. The largest absolute Gasteiger partial charge is 0.456 e. The molecule has 0 amide bonds. The molecule has 6 nitrogen and oxygen atoms in total. The molecule has 0 aliphatic rings. The first-order valence-electron chi connectivity index (χ1n) is 32.3. The summed E-state index contributed by atoms with van der Waals surface area (Å²) in [5, 5.41) is 10.4. The lowest BCUT2D eigenvalue weighted by Crippen LogP contribution is -2.31. The minimum absolute atomic E-state index is 0.144. The summed E-state index contributed by atoms with van der Waals surface area (Å²) in [5.41, 5.74) is 7.52. The van der Waals surface area contributed by atoms with Gasteiger partial charge in [-0.25, -0.2) is 4.98 Å². The number of fused-ring (bicyclic) bond motifs is 15. The van der Waals surface area contributed by atoms with Crippen molar-refractivity contribution in [3.05, 3.63) is 279 Å². The maximum Gasteiger partial charge on any atom is 0.269 e. The summed E-state index contributed by atoms with van der Waals surface area (Å²) < 4.78 is 105. The van der Waals surface area contributed by atoms with Crippen LogP contribution in [-0.2, 0) is 5.41 Å². The van der Waals surface area contributed by atoms with E-state index in [1.807, 2.05) is 59.3 Å². The molecule has 0 aliphatic carbocycles. The van der Waals surface area contributed by atoms with Crippen molar-refractivity contribution in [1.82, 2.24) is 18.5 Å². The normalized spacial score (nSPS) is 13.8. The van der Waals surface area contributed by atoms with Crippen molar-refractivity contribution in [1.29, 1.82) is 0 Å². The second kappa shape index (κ2) is 18.5.